The first-order chi connectivity index (χ1) is 1.41. The molecule has 0 radical (unpaired) electrons. The van der Waals surface area contributed by atoms with Crippen LogP contribution in [0.4, 0.5) is 5.91 Å². The smallest absolute Gasteiger partial charge is 0.440 e. The van der Waals surface area contributed by atoms with Crippen LogP contribution < -0.4 is 0 Å². The number of rotatable bonds is 0. The minimum Gasteiger partial charge on any atom is -0.440 e. The topological polar surface area (TPSA) is 0 Å². The zero-order valence-corrected chi connectivity index (χ0v) is 2.88. The second kappa shape index (κ2) is 8.83. The van der Waals surface area contributed by atoms with Gasteiger partial charge in [-0.25, -0.2) is 0 Å². The molecular formula is H2F2Mg2. The van der Waals surface area contributed by atoms with Crippen LogP contribution in [0, 0.1) is 0 Å². The van der Waals surface area contributed by atoms with E-state index in [1.54, 1.807) is 0 Å². The first kappa shape index (κ1) is 9.04. The molecule has 0 amide bonds. The first-order valence-corrected chi connectivity index (χ1v) is 1.60. The maximum atomic E-state index is 9.76. The van der Waals surface area contributed by atoms with E-state index in [4.69, 9.17) is 0 Å². The molecule has 0 nitrogen and oxygen atoms in total. The maximum Gasteiger partial charge on any atom is 0.879 e. The van der Waals surface area contributed by atoms with Gasteiger partial charge in [0.1, 0.15) is 0 Å². The fraction of sp³-hybridized carbons (Fsp3) is 0. The van der Waals surface area contributed by atoms with Gasteiger partial charge in [-0.1, -0.05) is 0 Å². The van der Waals surface area contributed by atoms with E-state index >= 15 is 0 Å². The van der Waals surface area contributed by atoms with E-state index in [0.717, 1.165) is 0 Å². The van der Waals surface area contributed by atoms with Crippen molar-refractivity contribution in [2.45, 2.75) is 0 Å². The third-order valence-electron chi connectivity index (χ3n) is 0. The van der Waals surface area contributed by atoms with Crippen molar-refractivity contribution < 1.29 is 5.91 Å². The maximum absolute atomic E-state index is 9.76. The van der Waals surface area contributed by atoms with Gasteiger partial charge in [-0.05, 0) is 0 Å². The van der Waals surface area contributed by atoms with Crippen molar-refractivity contribution in [3.63, 3.8) is 0 Å². The van der Waals surface area contributed by atoms with Crippen molar-refractivity contribution in [3.8, 4) is 0 Å². The van der Waals surface area contributed by atoms with E-state index in [1.165, 1.54) is 0 Å². The summed E-state index contributed by atoms with van der Waals surface area (Å²) >= 11 is -2.58. The summed E-state index contributed by atoms with van der Waals surface area (Å²) in [6.45, 7) is 0. The van der Waals surface area contributed by atoms with E-state index in [9.17, 15) is 5.91 Å². The van der Waals surface area contributed by atoms with Crippen LogP contribution >= 0.6 is 0 Å². The van der Waals surface area contributed by atoms with Crippen LogP contribution in [0.5, 0.6) is 0 Å². The Kier molecular flexibility index (Phi) is 20.0. The summed E-state index contributed by atoms with van der Waals surface area (Å²) in [4.78, 5) is 0. The molecule has 0 aromatic heterocycles. The van der Waals surface area contributed by atoms with E-state index in [-0.39, 0.29) is 23.1 Å². The molecular weight excluding hydrogens is 86.6 g/mol. The molecule has 0 unspecified atom stereocenters. The summed E-state index contributed by atoms with van der Waals surface area (Å²) in [6, 6.07) is 0. The normalized spacial score (nSPS) is 2.50. The van der Waals surface area contributed by atoms with Crippen LogP contribution in [0.25, 0.3) is 0 Å². The Bertz CT molecular complexity index is 4.00. The summed E-state index contributed by atoms with van der Waals surface area (Å²) in [5.74, 6) is 0. The zero-order valence-electron chi connectivity index (χ0n) is 1.46. The molecule has 0 heterocycles. The van der Waals surface area contributed by atoms with Gasteiger partial charge >= 0.3 is 44.5 Å². The van der Waals surface area contributed by atoms with E-state index in [0.29, 0.717) is 0 Å². The summed E-state index contributed by atoms with van der Waals surface area (Å²) in [5, 5.41) is 0. The Labute approximate surface area is 50.3 Å². The molecule has 4 heavy (non-hydrogen) atoms. The van der Waals surface area contributed by atoms with Gasteiger partial charge in [0, 0.05) is 0 Å². The van der Waals surface area contributed by atoms with Gasteiger partial charge in [0.2, 0.25) is 0 Å². The molecule has 0 aliphatic carbocycles. The largest absolute Gasteiger partial charge is 0.879 e. The minimum atomic E-state index is -2.58. The van der Waals surface area contributed by atoms with E-state index in [2.05, 4.69) is 0 Å². The molecule has 0 aliphatic rings. The van der Waals surface area contributed by atoms with Gasteiger partial charge in [-0.2, -0.15) is 0 Å². The molecule has 0 rings (SSSR count). The zero-order chi connectivity index (χ0) is 2.71. The Morgan fingerprint density at radius 2 is 1.25 bits per heavy atom. The summed E-state index contributed by atoms with van der Waals surface area (Å²) in [6.07, 6.45) is 0. The Morgan fingerprint density at radius 3 is 1.25 bits per heavy atom. The SMILES string of the molecule is [F][Mg][F].[MgH2]. The Balaban J connectivity index is 0. The minimum absolute atomic E-state index is 0. The highest BCUT2D eigenvalue weighted by Gasteiger charge is 1.78. The van der Waals surface area contributed by atoms with Gasteiger partial charge in [0.25, 0.3) is 0 Å². The Hall–Kier alpha value is 1.39. The van der Waals surface area contributed by atoms with Crippen LogP contribution in [-0.4, -0.2) is 44.5 Å². The summed E-state index contributed by atoms with van der Waals surface area (Å²) < 4.78 is 19.5. The lowest BCUT2D eigenvalue weighted by atomic mass is 18.6. The van der Waals surface area contributed by atoms with Crippen LogP contribution in [0.15, 0.2) is 0 Å². The third kappa shape index (κ3) is 10.0. The highest BCUT2D eigenvalue weighted by Crippen LogP contribution is 1.49. The highest BCUT2D eigenvalue weighted by molar-refractivity contribution is 6.15. The summed E-state index contributed by atoms with van der Waals surface area (Å²) in [5.41, 5.74) is 0. The average Bonchev–Trinajstić information content (AvgIpc) is 0.918. The number of halogens is 2. The third-order valence-corrected chi connectivity index (χ3v) is 0. The molecule has 0 fully saturated rings. The molecule has 0 bridgehead atoms. The second-order valence-corrected chi connectivity index (χ2v) is 0.303. The Morgan fingerprint density at radius 1 is 1.25 bits per heavy atom. The van der Waals surface area contributed by atoms with Gasteiger partial charge < -0.3 is 5.91 Å². The number of hydrogen-bond acceptors (Lipinski definition) is 0. The lowest BCUT2D eigenvalue weighted by Gasteiger charge is -1.34. The number of hydrogen-bond donors (Lipinski definition) is 0. The molecule has 0 saturated carbocycles. The van der Waals surface area contributed by atoms with Crippen molar-refractivity contribution >= 4 is 44.5 Å². The predicted octanol–water partition coefficient (Wildman–Crippen LogP) is -0.457. The van der Waals surface area contributed by atoms with Gasteiger partial charge in [0.15, 0.2) is 0 Å². The van der Waals surface area contributed by atoms with E-state index < -0.39 is 21.5 Å². The molecule has 0 atom stereocenters. The molecule has 0 aromatic rings. The monoisotopic (exact) mass is 88.0 g/mol. The van der Waals surface area contributed by atoms with Crippen LogP contribution in [0.3, 0.4) is 0 Å². The fourth-order valence-electron chi connectivity index (χ4n) is 0. The van der Waals surface area contributed by atoms with Crippen LogP contribution in [-0.2, 0) is 0 Å². The van der Waals surface area contributed by atoms with Crippen molar-refractivity contribution in [3.05, 3.63) is 0 Å². The summed E-state index contributed by atoms with van der Waals surface area (Å²) in [7, 11) is 0. The molecule has 0 aromatic carbocycles. The fourth-order valence-corrected chi connectivity index (χ4v) is 0. The van der Waals surface area contributed by atoms with Gasteiger partial charge in [-0.3, -0.25) is 0 Å². The average molecular weight is 88.6 g/mol. The van der Waals surface area contributed by atoms with Crippen molar-refractivity contribution in [2.75, 3.05) is 0 Å². The quantitative estimate of drug-likeness (QED) is 0.352. The lowest BCUT2D eigenvalue weighted by molar-refractivity contribution is 0.712. The molecule has 0 N–H and O–H groups in total. The lowest BCUT2D eigenvalue weighted by Crippen LogP contribution is -1.45. The van der Waals surface area contributed by atoms with Gasteiger partial charge in [0.05, 0.1) is 0 Å². The van der Waals surface area contributed by atoms with Gasteiger partial charge in [-0.15, -0.1) is 0 Å². The second-order valence-electron chi connectivity index (χ2n) is 0.101. The molecule has 4 heteroatoms. The first-order valence-electron chi connectivity index (χ1n) is 0.535. The van der Waals surface area contributed by atoms with Crippen molar-refractivity contribution in [1.29, 1.82) is 0 Å². The van der Waals surface area contributed by atoms with Crippen molar-refractivity contribution in [2.24, 2.45) is 0 Å². The molecule has 0 aliphatic heterocycles. The molecule has 0 spiro atoms. The van der Waals surface area contributed by atoms with E-state index in [1.807, 2.05) is 0 Å². The highest BCUT2D eigenvalue weighted by atomic mass is 24.7. The van der Waals surface area contributed by atoms with Crippen LogP contribution in [0.2, 0.25) is 0 Å². The molecule has 0 saturated heterocycles. The van der Waals surface area contributed by atoms with Crippen LogP contribution in [0.1, 0.15) is 0 Å². The van der Waals surface area contributed by atoms with Crippen molar-refractivity contribution in [1.82, 2.24) is 0 Å². The standard InChI is InChI=1S/2FH.2Mg.2H/h2*1H;;;;/q;;;+2;;/p-2. The predicted molar refractivity (Wildman–Crippen MR) is 16.5 cm³/mol. The molecule has 20 valence electrons.